The highest BCUT2D eigenvalue weighted by Gasteiger charge is 2.41. The van der Waals surface area contributed by atoms with Gasteiger partial charge in [-0.1, -0.05) is 29.8 Å². The van der Waals surface area contributed by atoms with E-state index in [1.54, 1.807) is 24.3 Å². The van der Waals surface area contributed by atoms with E-state index in [4.69, 9.17) is 11.6 Å². The first-order valence-electron chi connectivity index (χ1n) is 5.36. The fourth-order valence-corrected chi connectivity index (χ4v) is 2.04. The molecule has 0 amide bonds. The minimum absolute atomic E-state index is 0.346. The summed E-state index contributed by atoms with van der Waals surface area (Å²) in [6.07, 6.45) is 0. The smallest absolute Gasteiger partial charge is 0.309 e. The number of nitro groups is 1. The van der Waals surface area contributed by atoms with Gasteiger partial charge in [0.25, 0.3) is 0 Å². The van der Waals surface area contributed by atoms with Crippen LogP contribution in [0.25, 0.3) is 0 Å². The lowest BCUT2D eigenvalue weighted by Crippen LogP contribution is -2.35. The van der Waals surface area contributed by atoms with E-state index in [1.807, 2.05) is 0 Å². The summed E-state index contributed by atoms with van der Waals surface area (Å²) in [6.45, 7) is 2.46. The zero-order valence-corrected chi connectivity index (χ0v) is 10.8. The van der Waals surface area contributed by atoms with Crippen molar-refractivity contribution in [2.24, 2.45) is 5.41 Å². The normalized spacial score (nSPS) is 13.1. The molecule has 0 bridgehead atoms. The Labute approximate surface area is 110 Å². The number of carboxylic acid groups (broad SMARTS) is 1. The van der Waals surface area contributed by atoms with Gasteiger partial charge in [-0.2, -0.15) is 0 Å². The first-order valence-corrected chi connectivity index (χ1v) is 5.74. The van der Waals surface area contributed by atoms with Crippen molar-refractivity contribution < 1.29 is 14.8 Å². The molecule has 1 atom stereocenters. The third-order valence-corrected chi connectivity index (χ3v) is 3.38. The summed E-state index contributed by atoms with van der Waals surface area (Å²) in [4.78, 5) is 21.5. The molecule has 1 aromatic rings. The molecule has 0 spiro atoms. The van der Waals surface area contributed by atoms with E-state index in [-0.39, 0.29) is 0 Å². The topological polar surface area (TPSA) is 80.4 Å². The standard InChI is InChI=1S/C12H14ClNO4/c1-12(2,11(15)16)9(7-14(17)18)8-5-3-4-6-10(8)13/h3-6,9H,7H2,1-2H3,(H,15,16). The Morgan fingerprint density at radius 3 is 2.50 bits per heavy atom. The number of carboxylic acids is 1. The van der Waals surface area contributed by atoms with Gasteiger partial charge in [-0.15, -0.1) is 0 Å². The zero-order chi connectivity index (χ0) is 13.9. The van der Waals surface area contributed by atoms with Crippen molar-refractivity contribution in [2.75, 3.05) is 6.54 Å². The number of hydrogen-bond donors (Lipinski definition) is 1. The number of rotatable bonds is 5. The van der Waals surface area contributed by atoms with Crippen LogP contribution >= 0.6 is 11.6 Å². The molecule has 0 radical (unpaired) electrons. The maximum absolute atomic E-state index is 11.3. The number of benzene rings is 1. The first kappa shape index (κ1) is 14.4. The van der Waals surface area contributed by atoms with Gasteiger partial charge >= 0.3 is 5.97 Å². The van der Waals surface area contributed by atoms with Crippen molar-refractivity contribution in [3.05, 3.63) is 45.0 Å². The van der Waals surface area contributed by atoms with Crippen LogP contribution in [0.15, 0.2) is 24.3 Å². The molecular formula is C12H14ClNO4. The van der Waals surface area contributed by atoms with Crippen LogP contribution in [0.4, 0.5) is 0 Å². The van der Waals surface area contributed by atoms with Crippen LogP contribution < -0.4 is 0 Å². The number of halogens is 1. The molecular weight excluding hydrogens is 258 g/mol. The summed E-state index contributed by atoms with van der Waals surface area (Å²) in [5.74, 6) is -1.87. The van der Waals surface area contributed by atoms with Crippen molar-refractivity contribution >= 4 is 17.6 Å². The maximum Gasteiger partial charge on any atom is 0.309 e. The Morgan fingerprint density at radius 1 is 1.50 bits per heavy atom. The van der Waals surface area contributed by atoms with Gasteiger partial charge in [-0.3, -0.25) is 14.9 Å². The first-order chi connectivity index (χ1) is 8.26. The number of carbonyl (C=O) groups is 1. The minimum Gasteiger partial charge on any atom is -0.481 e. The van der Waals surface area contributed by atoms with Crippen molar-refractivity contribution in [1.29, 1.82) is 0 Å². The summed E-state index contributed by atoms with van der Waals surface area (Å²) in [5, 5.41) is 20.3. The number of nitrogens with zero attached hydrogens (tertiary/aromatic N) is 1. The third-order valence-electron chi connectivity index (χ3n) is 3.03. The molecule has 1 N–H and O–H groups in total. The molecule has 0 heterocycles. The molecule has 0 aromatic heterocycles. The monoisotopic (exact) mass is 271 g/mol. The fourth-order valence-electron chi connectivity index (χ4n) is 1.77. The molecule has 1 rings (SSSR count). The number of hydrogen-bond acceptors (Lipinski definition) is 3. The highest BCUT2D eigenvalue weighted by molar-refractivity contribution is 6.31. The second-order valence-corrected chi connectivity index (χ2v) is 5.02. The molecule has 5 nitrogen and oxygen atoms in total. The van der Waals surface area contributed by atoms with Crippen LogP contribution in [0.2, 0.25) is 5.02 Å². The Hall–Kier alpha value is -1.62. The second kappa shape index (κ2) is 5.35. The van der Waals surface area contributed by atoms with Crippen molar-refractivity contribution in [3.8, 4) is 0 Å². The molecule has 0 saturated carbocycles. The van der Waals surface area contributed by atoms with E-state index < -0.39 is 28.8 Å². The highest BCUT2D eigenvalue weighted by Crippen LogP contribution is 2.38. The molecule has 0 aliphatic rings. The zero-order valence-electron chi connectivity index (χ0n) is 10.1. The van der Waals surface area contributed by atoms with Gasteiger partial charge in [0.15, 0.2) is 0 Å². The average Bonchev–Trinajstić information content (AvgIpc) is 2.26. The van der Waals surface area contributed by atoms with E-state index in [2.05, 4.69) is 0 Å². The summed E-state index contributed by atoms with van der Waals surface area (Å²) in [5.41, 5.74) is -0.777. The van der Waals surface area contributed by atoms with Gasteiger partial charge in [-0.25, -0.2) is 0 Å². The summed E-state index contributed by atoms with van der Waals surface area (Å²) < 4.78 is 0. The van der Waals surface area contributed by atoms with Crippen LogP contribution in [0.5, 0.6) is 0 Å². The van der Waals surface area contributed by atoms with Crippen molar-refractivity contribution in [3.63, 3.8) is 0 Å². The average molecular weight is 272 g/mol. The Balaban J connectivity index is 3.26. The third kappa shape index (κ3) is 2.98. The van der Waals surface area contributed by atoms with Crippen LogP contribution in [-0.4, -0.2) is 22.5 Å². The molecule has 0 saturated heterocycles. The molecule has 1 aromatic carbocycles. The molecule has 0 aliphatic carbocycles. The summed E-state index contributed by atoms with van der Waals surface area (Å²) in [6, 6.07) is 6.61. The molecule has 98 valence electrons. The van der Waals surface area contributed by atoms with Gasteiger partial charge in [0.2, 0.25) is 6.54 Å². The number of aliphatic carboxylic acids is 1. The van der Waals surface area contributed by atoms with Crippen LogP contribution in [0.3, 0.4) is 0 Å². The van der Waals surface area contributed by atoms with Gasteiger partial charge in [0, 0.05) is 9.95 Å². The van der Waals surface area contributed by atoms with Gasteiger partial charge < -0.3 is 5.11 Å². The Bertz CT molecular complexity index is 473. The van der Waals surface area contributed by atoms with Crippen molar-refractivity contribution in [2.45, 2.75) is 19.8 Å². The lowest BCUT2D eigenvalue weighted by atomic mass is 9.75. The minimum atomic E-state index is -1.27. The predicted molar refractivity (Wildman–Crippen MR) is 67.5 cm³/mol. The highest BCUT2D eigenvalue weighted by atomic mass is 35.5. The quantitative estimate of drug-likeness (QED) is 0.659. The van der Waals surface area contributed by atoms with Crippen LogP contribution in [0, 0.1) is 15.5 Å². The fraction of sp³-hybridized carbons (Fsp3) is 0.417. The Kier molecular flexibility index (Phi) is 4.29. The van der Waals surface area contributed by atoms with E-state index in [1.165, 1.54) is 13.8 Å². The van der Waals surface area contributed by atoms with E-state index in [0.717, 1.165) is 0 Å². The van der Waals surface area contributed by atoms with Gasteiger partial charge in [0.05, 0.1) is 11.3 Å². The van der Waals surface area contributed by atoms with E-state index >= 15 is 0 Å². The Morgan fingerprint density at radius 2 is 2.06 bits per heavy atom. The molecule has 18 heavy (non-hydrogen) atoms. The SMILES string of the molecule is CC(C)(C(=O)O)C(C[N+](=O)[O-])c1ccccc1Cl. The van der Waals surface area contributed by atoms with Crippen molar-refractivity contribution in [1.82, 2.24) is 0 Å². The van der Waals surface area contributed by atoms with E-state index in [9.17, 15) is 20.0 Å². The summed E-state index contributed by atoms with van der Waals surface area (Å²) >= 11 is 6.00. The lowest BCUT2D eigenvalue weighted by Gasteiger charge is -2.28. The largest absolute Gasteiger partial charge is 0.481 e. The van der Waals surface area contributed by atoms with Gasteiger partial charge in [0.1, 0.15) is 0 Å². The van der Waals surface area contributed by atoms with Crippen LogP contribution in [-0.2, 0) is 4.79 Å². The molecule has 1 unspecified atom stereocenters. The predicted octanol–water partition coefficient (Wildman–Crippen LogP) is 2.81. The maximum atomic E-state index is 11.3. The molecule has 0 aliphatic heterocycles. The van der Waals surface area contributed by atoms with Crippen LogP contribution in [0.1, 0.15) is 25.3 Å². The lowest BCUT2D eigenvalue weighted by molar-refractivity contribution is -0.485. The van der Waals surface area contributed by atoms with E-state index in [0.29, 0.717) is 10.6 Å². The van der Waals surface area contributed by atoms with Gasteiger partial charge in [-0.05, 0) is 25.5 Å². The molecule has 0 fully saturated rings. The summed E-state index contributed by atoms with van der Waals surface area (Å²) in [7, 11) is 0. The molecule has 6 heteroatoms. The second-order valence-electron chi connectivity index (χ2n) is 4.62.